The van der Waals surface area contributed by atoms with Crippen LogP contribution < -0.4 is 10.4 Å². The van der Waals surface area contributed by atoms with Gasteiger partial charge in [0, 0.05) is 38.3 Å². The maximum atomic E-state index is 13.2. The molecule has 0 bridgehead atoms. The van der Waals surface area contributed by atoms with E-state index in [4.69, 9.17) is 25.2 Å². The van der Waals surface area contributed by atoms with E-state index in [9.17, 15) is 4.79 Å². The zero-order chi connectivity index (χ0) is 25.8. The molecule has 0 saturated carbocycles. The molecule has 0 aliphatic heterocycles. The number of halogens is 1. The Morgan fingerprint density at radius 1 is 1.15 bits per heavy atom. The molecule has 168 valence electrons. The van der Waals surface area contributed by atoms with E-state index in [1.54, 1.807) is 43.4 Å². The first kappa shape index (κ1) is 17.8. The molecule has 5 rings (SSSR count). The predicted molar refractivity (Wildman–Crippen MR) is 126 cm³/mol. The Kier molecular flexibility index (Phi) is 4.33. The fourth-order valence-electron chi connectivity index (χ4n) is 3.98. The Labute approximate surface area is 198 Å². The van der Waals surface area contributed by atoms with E-state index in [0.29, 0.717) is 33.7 Å². The van der Waals surface area contributed by atoms with Crippen LogP contribution in [0.2, 0.25) is 5.15 Å². The Morgan fingerprint density at radius 2 is 2.00 bits per heavy atom. The van der Waals surface area contributed by atoms with E-state index < -0.39 is 7.04 Å². The van der Waals surface area contributed by atoms with Gasteiger partial charge < -0.3 is 9.47 Å². The summed E-state index contributed by atoms with van der Waals surface area (Å²) in [6, 6.07) is 7.42. The molecule has 0 spiro atoms. The molecule has 0 unspecified atom stereocenters. The quantitative estimate of drug-likeness (QED) is 0.393. The maximum Gasteiger partial charge on any atom is 0.333 e. The highest BCUT2D eigenvalue weighted by atomic mass is 35.5. The van der Waals surface area contributed by atoms with Crippen molar-refractivity contribution in [2.45, 2.75) is 6.61 Å². The lowest BCUT2D eigenvalue weighted by Gasteiger charge is -2.10. The molecule has 0 saturated heterocycles. The average molecular weight is 468 g/mol. The third kappa shape index (κ3) is 3.37. The number of imidazole rings is 1. The van der Waals surface area contributed by atoms with E-state index in [-0.39, 0.29) is 17.4 Å². The van der Waals surface area contributed by atoms with Crippen LogP contribution in [0.5, 0.6) is 5.75 Å². The molecule has 5 aromatic rings. The molecule has 0 radical (unpaired) electrons. The van der Waals surface area contributed by atoms with Gasteiger partial charge in [-0.25, -0.2) is 4.79 Å². The number of fused-ring (bicyclic) bond motifs is 3. The average Bonchev–Trinajstić information content (AvgIpc) is 3.31. The Morgan fingerprint density at radius 3 is 2.73 bits per heavy atom. The number of aryl methyl sites for hydroxylation is 2. The van der Waals surface area contributed by atoms with Gasteiger partial charge in [0.15, 0.2) is 5.15 Å². The van der Waals surface area contributed by atoms with Crippen LogP contribution in [-0.4, -0.2) is 43.0 Å². The van der Waals surface area contributed by atoms with E-state index >= 15 is 0 Å². The van der Waals surface area contributed by atoms with Gasteiger partial charge in [-0.15, -0.1) is 0 Å². The fourth-order valence-corrected chi connectivity index (χ4v) is 4.24. The molecule has 4 aromatic heterocycles. The number of nitrogens with zero attached hydrogens (tertiary/aromatic N) is 6. The molecule has 4 heterocycles. The molecule has 0 aliphatic rings. The second-order valence-corrected chi connectivity index (χ2v) is 7.90. The van der Waals surface area contributed by atoms with E-state index in [0.717, 1.165) is 16.5 Å². The van der Waals surface area contributed by atoms with Gasteiger partial charge >= 0.3 is 5.69 Å². The number of benzene rings is 1. The summed E-state index contributed by atoms with van der Waals surface area (Å²) in [7, 11) is 2.35. The van der Waals surface area contributed by atoms with Crippen LogP contribution in [0.25, 0.3) is 38.8 Å². The third-order valence-corrected chi connectivity index (χ3v) is 5.85. The standard InChI is InChI=1S/C23H21ClN6O3/c1-28-11-19(22(24)27-28)30-21-15-7-13(14-8-20(33-4)17(12-32-3)25-9-14)5-6-16(15)26-10-18(21)29(2)23(30)31/h5-11H,12H2,1-4H3/i3D3. The molecule has 0 aliphatic carbocycles. The third-order valence-electron chi connectivity index (χ3n) is 5.58. The molecular weight excluding hydrogens is 444 g/mol. The van der Waals surface area contributed by atoms with E-state index in [1.807, 2.05) is 18.2 Å². The van der Waals surface area contributed by atoms with Crippen LogP contribution in [0.3, 0.4) is 0 Å². The van der Waals surface area contributed by atoms with Crippen LogP contribution in [-0.2, 0) is 25.4 Å². The van der Waals surface area contributed by atoms with Gasteiger partial charge in [-0.1, -0.05) is 17.7 Å². The molecule has 0 atom stereocenters. The van der Waals surface area contributed by atoms with Crippen molar-refractivity contribution in [2.24, 2.45) is 14.1 Å². The minimum absolute atomic E-state index is 0.206. The number of aromatic nitrogens is 6. The van der Waals surface area contributed by atoms with Crippen molar-refractivity contribution < 1.29 is 13.6 Å². The lowest BCUT2D eigenvalue weighted by Crippen LogP contribution is -2.20. The van der Waals surface area contributed by atoms with E-state index in [1.165, 1.54) is 16.2 Å². The molecule has 1 aromatic carbocycles. The van der Waals surface area contributed by atoms with Gasteiger partial charge in [0.25, 0.3) is 0 Å². The van der Waals surface area contributed by atoms with Crippen LogP contribution in [0.1, 0.15) is 9.81 Å². The molecule has 0 amide bonds. The normalized spacial score (nSPS) is 13.3. The van der Waals surface area contributed by atoms with Crippen LogP contribution >= 0.6 is 11.6 Å². The highest BCUT2D eigenvalue weighted by molar-refractivity contribution is 6.31. The molecule has 33 heavy (non-hydrogen) atoms. The first-order valence-corrected chi connectivity index (χ1v) is 10.3. The number of ether oxygens (including phenoxy) is 2. The van der Waals surface area contributed by atoms with Gasteiger partial charge in [-0.2, -0.15) is 5.10 Å². The Bertz CT molecular complexity index is 1690. The topological polar surface area (TPSA) is 89.0 Å². The minimum atomic E-state index is -2.54. The van der Waals surface area contributed by atoms with Crippen LogP contribution in [0.4, 0.5) is 0 Å². The van der Waals surface area contributed by atoms with Crippen LogP contribution in [0.15, 0.2) is 47.7 Å². The lowest BCUT2D eigenvalue weighted by molar-refractivity contribution is 0.178. The molecule has 0 N–H and O–H groups in total. The maximum absolute atomic E-state index is 13.2. The molecule has 0 fully saturated rings. The summed E-state index contributed by atoms with van der Waals surface area (Å²) in [4.78, 5) is 22.1. The largest absolute Gasteiger partial charge is 0.495 e. The summed E-state index contributed by atoms with van der Waals surface area (Å²) < 4.78 is 36.6. The van der Waals surface area contributed by atoms with Crippen molar-refractivity contribution in [3.63, 3.8) is 0 Å². The van der Waals surface area contributed by atoms with Crippen LogP contribution in [0, 0.1) is 0 Å². The lowest BCUT2D eigenvalue weighted by atomic mass is 10.0. The van der Waals surface area contributed by atoms with Crippen molar-refractivity contribution in [1.82, 2.24) is 28.9 Å². The van der Waals surface area contributed by atoms with Crippen molar-refractivity contribution in [3.05, 3.63) is 64.2 Å². The number of hydrogen-bond donors (Lipinski definition) is 0. The van der Waals surface area contributed by atoms with Gasteiger partial charge in [0.1, 0.15) is 17.1 Å². The van der Waals surface area contributed by atoms with Crippen molar-refractivity contribution in [3.8, 4) is 22.6 Å². The summed E-state index contributed by atoms with van der Waals surface area (Å²) in [6.07, 6.45) is 4.96. The van der Waals surface area contributed by atoms with E-state index in [2.05, 4.69) is 15.1 Å². The summed E-state index contributed by atoms with van der Waals surface area (Å²) >= 11 is 6.36. The first-order valence-electron chi connectivity index (χ1n) is 11.4. The number of pyridine rings is 2. The second kappa shape index (κ2) is 8.02. The highest BCUT2D eigenvalue weighted by Crippen LogP contribution is 2.32. The van der Waals surface area contributed by atoms with Gasteiger partial charge in [0.2, 0.25) is 0 Å². The van der Waals surface area contributed by atoms with Gasteiger partial charge in [-0.05, 0) is 23.8 Å². The summed E-state index contributed by atoms with van der Waals surface area (Å²) in [5.41, 5.74) is 4.05. The number of methoxy groups -OCH3 is 2. The summed E-state index contributed by atoms with van der Waals surface area (Å²) in [5, 5.41) is 5.12. The second-order valence-electron chi connectivity index (χ2n) is 7.54. The summed E-state index contributed by atoms with van der Waals surface area (Å²) in [6.45, 7) is -0.218. The molecule has 9 nitrogen and oxygen atoms in total. The first-order chi connectivity index (χ1) is 17.1. The van der Waals surface area contributed by atoms with Crippen molar-refractivity contribution in [2.75, 3.05) is 14.1 Å². The monoisotopic (exact) mass is 467 g/mol. The Hall–Kier alpha value is -3.69. The molecule has 10 heteroatoms. The molecular formula is C23H21ClN6O3. The SMILES string of the molecule is [2H]C([2H])([2H])OCc1ncc(-c2ccc3ncc4c(c3c2)n(-c2cn(C)nc2Cl)c(=O)n4C)cc1OC. The zero-order valence-corrected chi connectivity index (χ0v) is 18.8. The minimum Gasteiger partial charge on any atom is -0.495 e. The number of rotatable bonds is 5. The number of hydrogen-bond acceptors (Lipinski definition) is 6. The smallest absolute Gasteiger partial charge is 0.333 e. The van der Waals surface area contributed by atoms with Crippen molar-refractivity contribution in [1.29, 1.82) is 0 Å². The fraction of sp³-hybridized carbons (Fsp3) is 0.217. The van der Waals surface area contributed by atoms with Crippen molar-refractivity contribution >= 4 is 33.5 Å². The highest BCUT2D eigenvalue weighted by Gasteiger charge is 2.20. The summed E-state index contributed by atoms with van der Waals surface area (Å²) in [5.74, 6) is 0.395. The van der Waals surface area contributed by atoms with Gasteiger partial charge in [-0.3, -0.25) is 23.8 Å². The van der Waals surface area contributed by atoms with Gasteiger partial charge in [0.05, 0.1) is 46.8 Å². The zero-order valence-electron chi connectivity index (χ0n) is 21.0. The predicted octanol–water partition coefficient (Wildman–Crippen LogP) is 3.48. The Balaban J connectivity index is 1.69.